The van der Waals surface area contributed by atoms with Crippen LogP contribution in [0.2, 0.25) is 0 Å². The van der Waals surface area contributed by atoms with Crippen LogP contribution in [0.4, 0.5) is 4.79 Å². The van der Waals surface area contributed by atoms with Gasteiger partial charge in [-0.25, -0.2) is 14.6 Å². The number of hydrogen-bond donors (Lipinski definition) is 3. The van der Waals surface area contributed by atoms with E-state index in [-0.39, 0.29) is 25.3 Å². The van der Waals surface area contributed by atoms with Crippen molar-refractivity contribution in [2.75, 3.05) is 13.7 Å². The number of benzene rings is 1. The van der Waals surface area contributed by atoms with Crippen LogP contribution in [-0.2, 0) is 19.1 Å². The van der Waals surface area contributed by atoms with Gasteiger partial charge >= 0.3 is 12.1 Å². The first-order valence-electron chi connectivity index (χ1n) is 16.9. The van der Waals surface area contributed by atoms with E-state index in [0.29, 0.717) is 35.0 Å². The highest BCUT2D eigenvalue weighted by Gasteiger charge is 2.61. The molecular weight excluding hydrogens is 662 g/mol. The summed E-state index contributed by atoms with van der Waals surface area (Å²) < 4.78 is 10.8. The van der Waals surface area contributed by atoms with Gasteiger partial charge in [-0.05, 0) is 70.7 Å². The number of carbonyl (C=O) groups is 4. The lowest BCUT2D eigenvalue weighted by Crippen LogP contribution is -2.56. The van der Waals surface area contributed by atoms with E-state index < -0.39 is 53.1 Å². The summed E-state index contributed by atoms with van der Waals surface area (Å²) in [6, 6.07) is 4.85. The van der Waals surface area contributed by atoms with Gasteiger partial charge in [0.1, 0.15) is 45.4 Å². The van der Waals surface area contributed by atoms with Crippen LogP contribution in [-0.4, -0.2) is 90.7 Å². The number of allylic oxidation sites excluding steroid dienone is 1. The monoisotopic (exact) mass is 705 g/mol. The van der Waals surface area contributed by atoms with Crippen molar-refractivity contribution >= 4 is 35.2 Å². The fourth-order valence-corrected chi connectivity index (χ4v) is 7.23. The number of carboxylic acid groups (broad SMARTS) is 1. The van der Waals surface area contributed by atoms with Gasteiger partial charge in [0.15, 0.2) is 0 Å². The Bertz CT molecular complexity index is 1750. The van der Waals surface area contributed by atoms with Crippen LogP contribution in [0.15, 0.2) is 48.0 Å². The topological polar surface area (TPSA) is 178 Å². The zero-order chi connectivity index (χ0) is 35.6. The van der Waals surface area contributed by atoms with Gasteiger partial charge in [0.05, 0.1) is 13.2 Å². The van der Waals surface area contributed by atoms with Crippen LogP contribution in [0.25, 0.3) is 22.0 Å². The molecule has 3 aromatic rings. The molecule has 15 heteroatoms. The molecule has 3 N–H and O–H groups in total. The molecule has 6 rings (SSSR count). The van der Waals surface area contributed by atoms with Gasteiger partial charge in [-0.15, -0.1) is 16.4 Å². The molecule has 2 aromatic heterocycles. The molecular formula is C35H43N7O7S. The summed E-state index contributed by atoms with van der Waals surface area (Å²) in [7, 11) is 1.59. The largest absolute Gasteiger partial charge is 0.497 e. The first-order chi connectivity index (χ1) is 23.9. The maximum atomic E-state index is 14.4. The second-order valence-electron chi connectivity index (χ2n) is 14.0. The number of fused-ring (bicyclic) bond motifs is 2. The second-order valence-corrected chi connectivity index (χ2v) is 14.9. The molecule has 50 heavy (non-hydrogen) atoms. The quantitative estimate of drug-likeness (QED) is 0.307. The summed E-state index contributed by atoms with van der Waals surface area (Å²) >= 11 is 1.41. The number of amides is 3. The fourth-order valence-electron chi connectivity index (χ4n) is 6.61. The second kappa shape index (κ2) is 14.2. The average molecular weight is 706 g/mol. The minimum Gasteiger partial charge on any atom is -0.497 e. The third-order valence-corrected chi connectivity index (χ3v) is 10.1. The Balaban J connectivity index is 1.35. The molecule has 2 aliphatic heterocycles. The predicted octanol–water partition coefficient (Wildman–Crippen LogP) is 4.59. The molecule has 2 fully saturated rings. The molecule has 3 amide bonds. The Morgan fingerprint density at radius 2 is 1.86 bits per heavy atom. The Labute approximate surface area is 294 Å². The van der Waals surface area contributed by atoms with Gasteiger partial charge in [-0.2, -0.15) is 9.90 Å². The highest BCUT2D eigenvalue weighted by molar-refractivity contribution is 7.13. The van der Waals surface area contributed by atoms with Gasteiger partial charge in [-0.1, -0.05) is 25.0 Å². The minimum absolute atomic E-state index is 0.0564. The van der Waals surface area contributed by atoms with E-state index in [2.05, 4.69) is 15.6 Å². The third-order valence-electron chi connectivity index (χ3n) is 9.28. The van der Waals surface area contributed by atoms with Crippen molar-refractivity contribution in [2.24, 2.45) is 5.92 Å². The number of ether oxygens (including phenoxy) is 2. The summed E-state index contributed by atoms with van der Waals surface area (Å²) in [4.78, 5) is 61.3. The van der Waals surface area contributed by atoms with Gasteiger partial charge in [-0.3, -0.25) is 9.59 Å². The Morgan fingerprint density at radius 1 is 1.10 bits per heavy atom. The number of nitrogens with one attached hydrogen (secondary N) is 2. The Hall–Kier alpha value is -4.79. The zero-order valence-electron chi connectivity index (χ0n) is 28.6. The number of thiazole rings is 1. The number of methoxy groups -OCH3 is 1. The molecule has 1 aliphatic carbocycles. The molecule has 0 bridgehead atoms. The lowest BCUT2D eigenvalue weighted by atomic mass is 10.0. The smallest absolute Gasteiger partial charge is 0.408 e. The maximum Gasteiger partial charge on any atom is 0.408 e. The fraction of sp³-hybridized carbons (Fsp3) is 0.514. The number of rotatable bonds is 6. The molecule has 14 nitrogen and oxygen atoms in total. The van der Waals surface area contributed by atoms with Gasteiger partial charge in [0.25, 0.3) is 0 Å². The van der Waals surface area contributed by atoms with E-state index >= 15 is 0 Å². The van der Waals surface area contributed by atoms with Crippen molar-refractivity contribution in [1.29, 1.82) is 0 Å². The number of carbonyl (C=O) groups excluding carboxylic acids is 3. The van der Waals surface area contributed by atoms with Gasteiger partial charge in [0, 0.05) is 36.0 Å². The van der Waals surface area contributed by atoms with Crippen molar-refractivity contribution in [3.05, 3.63) is 48.0 Å². The zero-order valence-corrected chi connectivity index (χ0v) is 29.4. The molecule has 3 aliphatic rings. The summed E-state index contributed by atoms with van der Waals surface area (Å²) in [5.41, 5.74) is -0.327. The third kappa shape index (κ3) is 7.52. The molecule has 4 heterocycles. The van der Waals surface area contributed by atoms with Crippen LogP contribution in [0.5, 0.6) is 5.75 Å². The standard InChI is InChI=1S/C35H43N7O7S/c1-34(2,3)49-33(47)37-25-11-9-7-5-6-8-10-22-19-35(22,32(45)46)38-29(43)26-18-23(20-41(26)31(25)44)42-39-27(21-12-14-24(48-4)15-13-21)28(40-42)30-36-16-17-50-30/h8,10,12-17,22-23,25-26H,5-7,9,11,18-20H2,1-4H3,(H,37,47)(H,38,43)(H,45,46)/b10-8-/t22-,23+,25+,26+,35+/m1/s1. The normalized spacial score (nSPS) is 26.4. The molecule has 1 aromatic carbocycles. The maximum absolute atomic E-state index is 14.4. The summed E-state index contributed by atoms with van der Waals surface area (Å²) in [6.07, 6.45) is 8.55. The lowest BCUT2D eigenvalue weighted by Gasteiger charge is -2.30. The number of aromatic nitrogens is 4. The van der Waals surface area contributed by atoms with Gasteiger partial charge < -0.3 is 30.1 Å². The summed E-state index contributed by atoms with van der Waals surface area (Å²) in [6.45, 7) is 5.28. The predicted molar refractivity (Wildman–Crippen MR) is 184 cm³/mol. The van der Waals surface area contributed by atoms with Crippen LogP contribution in [0.1, 0.15) is 71.8 Å². The van der Waals surface area contributed by atoms with Gasteiger partial charge in [0.2, 0.25) is 11.8 Å². The number of alkyl carbamates (subject to hydrolysis) is 1. The molecule has 0 radical (unpaired) electrons. The molecule has 1 saturated heterocycles. The highest BCUT2D eigenvalue weighted by atomic mass is 32.1. The molecule has 5 atom stereocenters. The van der Waals surface area contributed by atoms with E-state index in [1.165, 1.54) is 21.0 Å². The van der Waals surface area contributed by atoms with Crippen molar-refractivity contribution in [3.8, 4) is 27.7 Å². The van der Waals surface area contributed by atoms with Crippen LogP contribution in [0.3, 0.4) is 0 Å². The molecule has 0 unspecified atom stereocenters. The molecule has 266 valence electrons. The van der Waals surface area contributed by atoms with Crippen LogP contribution < -0.4 is 15.4 Å². The van der Waals surface area contributed by atoms with Crippen molar-refractivity contribution < 1.29 is 33.8 Å². The molecule has 0 spiro atoms. The number of nitrogens with zero attached hydrogens (tertiary/aromatic N) is 5. The number of hydrogen-bond acceptors (Lipinski definition) is 10. The van der Waals surface area contributed by atoms with Crippen molar-refractivity contribution in [1.82, 2.24) is 35.5 Å². The van der Waals surface area contributed by atoms with E-state index in [1.807, 2.05) is 41.8 Å². The number of carboxylic acids is 1. The number of aliphatic carboxylic acids is 1. The average Bonchev–Trinajstić information content (AvgIpc) is 3.52. The van der Waals surface area contributed by atoms with E-state index in [0.717, 1.165) is 24.8 Å². The molecule has 1 saturated carbocycles. The first-order valence-corrected chi connectivity index (χ1v) is 17.8. The van der Waals surface area contributed by atoms with E-state index in [9.17, 15) is 24.3 Å². The first kappa shape index (κ1) is 35.1. The lowest BCUT2D eigenvalue weighted by molar-refractivity contribution is -0.145. The van der Waals surface area contributed by atoms with Crippen LogP contribution >= 0.6 is 11.3 Å². The Kier molecular flexibility index (Phi) is 9.96. The van der Waals surface area contributed by atoms with Crippen molar-refractivity contribution in [3.63, 3.8) is 0 Å². The highest BCUT2D eigenvalue weighted by Crippen LogP contribution is 2.46. The Morgan fingerprint density at radius 3 is 2.54 bits per heavy atom. The minimum atomic E-state index is -1.45. The SMILES string of the molecule is COc1ccc(-c2nn([C@H]3C[C@H]4C(=O)N[C@@]5(C(=O)O)C[C@H]5/C=C\CCCCC[C@H](NC(=O)OC(C)(C)C)C(=O)N4C3)nc2-c2nccs2)cc1. The summed E-state index contributed by atoms with van der Waals surface area (Å²) in [5.74, 6) is -1.81. The van der Waals surface area contributed by atoms with Crippen LogP contribution in [0, 0.1) is 5.92 Å². The van der Waals surface area contributed by atoms with E-state index in [1.54, 1.807) is 34.1 Å². The van der Waals surface area contributed by atoms with Crippen molar-refractivity contribution in [2.45, 2.75) is 95.0 Å². The summed E-state index contributed by atoms with van der Waals surface area (Å²) in [5, 5.41) is 28.0. The van der Waals surface area contributed by atoms with E-state index in [4.69, 9.17) is 19.7 Å².